The van der Waals surface area contributed by atoms with Crippen molar-refractivity contribution >= 4 is 21.8 Å². The molecule has 0 saturated carbocycles. The number of carbonyl (C=O) groups is 1. The van der Waals surface area contributed by atoms with E-state index in [1.165, 1.54) is 0 Å². The van der Waals surface area contributed by atoms with E-state index in [1.807, 2.05) is 25.1 Å². The van der Waals surface area contributed by atoms with Gasteiger partial charge in [0.05, 0.1) is 5.60 Å². The molecule has 0 spiro atoms. The maximum atomic E-state index is 12.5. The Morgan fingerprint density at radius 2 is 2.22 bits per heavy atom. The Kier molecular flexibility index (Phi) is 3.78. The van der Waals surface area contributed by atoms with Crippen molar-refractivity contribution < 1.29 is 9.90 Å². The minimum atomic E-state index is -0.756. The number of amides is 1. The van der Waals surface area contributed by atoms with E-state index in [9.17, 15) is 9.90 Å². The normalized spacial score (nSPS) is 24.1. The van der Waals surface area contributed by atoms with Crippen LogP contribution in [0.4, 0.5) is 0 Å². The summed E-state index contributed by atoms with van der Waals surface area (Å²) in [5, 5.41) is 10.1. The first kappa shape index (κ1) is 13.6. The third-order valence-electron chi connectivity index (χ3n) is 3.39. The van der Waals surface area contributed by atoms with Crippen molar-refractivity contribution in [3.05, 3.63) is 33.8 Å². The van der Waals surface area contributed by atoms with E-state index >= 15 is 0 Å². The van der Waals surface area contributed by atoms with Crippen LogP contribution in [0.5, 0.6) is 0 Å². The summed E-state index contributed by atoms with van der Waals surface area (Å²) < 4.78 is 0.903. The van der Waals surface area contributed by atoms with Crippen LogP contribution >= 0.6 is 15.9 Å². The number of β-amino-alcohol motifs (C(OH)–C–C–N with tert-alkyl or cyclic N) is 1. The number of likely N-dealkylation sites (tertiary alicyclic amines) is 1. The Morgan fingerprint density at radius 3 is 2.89 bits per heavy atom. The molecule has 0 aromatic heterocycles. The molecule has 1 aromatic carbocycles. The van der Waals surface area contributed by atoms with E-state index < -0.39 is 5.60 Å². The molecular formula is C14H18BrNO2. The Hall–Kier alpha value is -0.870. The number of carbonyl (C=O) groups excluding carboxylic acids is 1. The summed E-state index contributed by atoms with van der Waals surface area (Å²) in [4.78, 5) is 14.2. The quantitative estimate of drug-likeness (QED) is 0.866. The van der Waals surface area contributed by atoms with Gasteiger partial charge in [0.1, 0.15) is 0 Å². The summed E-state index contributed by atoms with van der Waals surface area (Å²) in [5.74, 6) is 0.00813. The van der Waals surface area contributed by atoms with Gasteiger partial charge in [-0.3, -0.25) is 4.79 Å². The van der Waals surface area contributed by atoms with Gasteiger partial charge in [0.2, 0.25) is 0 Å². The van der Waals surface area contributed by atoms with Crippen molar-refractivity contribution in [2.75, 3.05) is 13.1 Å². The molecule has 3 nitrogen and oxygen atoms in total. The average molecular weight is 312 g/mol. The lowest BCUT2D eigenvalue weighted by atomic mass is 9.94. The first-order valence-electron chi connectivity index (χ1n) is 6.17. The minimum absolute atomic E-state index is 0.00813. The molecular weight excluding hydrogens is 294 g/mol. The summed E-state index contributed by atoms with van der Waals surface area (Å²) in [7, 11) is 0. The Bertz CT molecular complexity index is 471. The second-order valence-electron chi connectivity index (χ2n) is 5.29. The fourth-order valence-electron chi connectivity index (χ4n) is 2.39. The maximum Gasteiger partial charge on any atom is 0.254 e. The highest BCUT2D eigenvalue weighted by Crippen LogP contribution is 2.24. The highest BCUT2D eigenvalue weighted by atomic mass is 79.9. The number of piperidine rings is 1. The molecule has 98 valence electrons. The van der Waals surface area contributed by atoms with Crippen LogP contribution in [0.15, 0.2) is 22.7 Å². The van der Waals surface area contributed by atoms with Crippen LogP contribution in [0.2, 0.25) is 0 Å². The molecule has 1 unspecified atom stereocenters. The predicted molar refractivity (Wildman–Crippen MR) is 74.6 cm³/mol. The summed E-state index contributed by atoms with van der Waals surface area (Å²) in [6, 6.07) is 5.71. The van der Waals surface area contributed by atoms with Crippen molar-refractivity contribution in [2.24, 2.45) is 0 Å². The van der Waals surface area contributed by atoms with Gasteiger partial charge in [-0.15, -0.1) is 0 Å². The van der Waals surface area contributed by atoms with Crippen LogP contribution in [0.1, 0.15) is 35.7 Å². The first-order valence-corrected chi connectivity index (χ1v) is 6.96. The third-order valence-corrected chi connectivity index (χ3v) is 3.89. The Morgan fingerprint density at radius 1 is 1.50 bits per heavy atom. The zero-order valence-corrected chi connectivity index (χ0v) is 12.3. The van der Waals surface area contributed by atoms with Gasteiger partial charge in [-0.25, -0.2) is 0 Å². The van der Waals surface area contributed by atoms with E-state index in [0.29, 0.717) is 12.1 Å². The lowest BCUT2D eigenvalue weighted by Crippen LogP contribution is -2.48. The Labute approximate surface area is 116 Å². The van der Waals surface area contributed by atoms with Crippen LogP contribution in [-0.2, 0) is 0 Å². The molecule has 2 rings (SSSR count). The number of aryl methyl sites for hydroxylation is 1. The average Bonchev–Trinajstić information content (AvgIpc) is 2.30. The zero-order chi connectivity index (χ0) is 13.3. The number of hydrogen-bond donors (Lipinski definition) is 1. The van der Waals surface area contributed by atoms with Crippen LogP contribution in [0.3, 0.4) is 0 Å². The standard InChI is InChI=1S/C14H18BrNO2/c1-10-4-5-11(15)8-12(10)13(17)16-7-3-6-14(2,18)9-16/h4-5,8,18H,3,6-7,9H2,1-2H3. The molecule has 0 radical (unpaired) electrons. The summed E-state index contributed by atoms with van der Waals surface area (Å²) >= 11 is 3.39. The fraction of sp³-hybridized carbons (Fsp3) is 0.500. The number of rotatable bonds is 1. The zero-order valence-electron chi connectivity index (χ0n) is 10.7. The lowest BCUT2D eigenvalue weighted by Gasteiger charge is -2.37. The highest BCUT2D eigenvalue weighted by molar-refractivity contribution is 9.10. The van der Waals surface area contributed by atoms with Gasteiger partial charge in [0, 0.05) is 23.1 Å². The largest absolute Gasteiger partial charge is 0.388 e. The molecule has 1 aliphatic heterocycles. The molecule has 1 N–H and O–H groups in total. The van der Waals surface area contributed by atoms with Gasteiger partial charge in [-0.2, -0.15) is 0 Å². The molecule has 0 bridgehead atoms. The van der Waals surface area contributed by atoms with Crippen molar-refractivity contribution in [3.63, 3.8) is 0 Å². The SMILES string of the molecule is Cc1ccc(Br)cc1C(=O)N1CCCC(C)(O)C1. The lowest BCUT2D eigenvalue weighted by molar-refractivity contribution is -0.0107. The molecule has 1 fully saturated rings. The van der Waals surface area contributed by atoms with Crippen LogP contribution in [0, 0.1) is 6.92 Å². The van der Waals surface area contributed by atoms with Crippen LogP contribution < -0.4 is 0 Å². The maximum absolute atomic E-state index is 12.5. The van der Waals surface area contributed by atoms with Gasteiger partial charge in [-0.1, -0.05) is 22.0 Å². The first-order chi connectivity index (χ1) is 8.39. The van der Waals surface area contributed by atoms with Gasteiger partial charge >= 0.3 is 0 Å². The summed E-state index contributed by atoms with van der Waals surface area (Å²) in [5.41, 5.74) is 0.920. The van der Waals surface area contributed by atoms with E-state index in [1.54, 1.807) is 11.8 Å². The molecule has 1 atom stereocenters. The fourth-order valence-corrected chi connectivity index (χ4v) is 2.75. The molecule has 1 saturated heterocycles. The number of halogens is 1. The molecule has 1 aliphatic rings. The monoisotopic (exact) mass is 311 g/mol. The van der Waals surface area contributed by atoms with E-state index in [2.05, 4.69) is 15.9 Å². The Balaban J connectivity index is 2.23. The van der Waals surface area contributed by atoms with Crippen LogP contribution in [0.25, 0.3) is 0 Å². The second kappa shape index (κ2) is 5.02. The van der Waals surface area contributed by atoms with Crippen molar-refractivity contribution in [1.29, 1.82) is 0 Å². The topological polar surface area (TPSA) is 40.5 Å². The van der Waals surface area contributed by atoms with Gasteiger partial charge in [0.15, 0.2) is 0 Å². The molecule has 1 aromatic rings. The summed E-state index contributed by atoms with van der Waals surface area (Å²) in [6.45, 7) is 4.86. The van der Waals surface area contributed by atoms with Gasteiger partial charge in [-0.05, 0) is 44.4 Å². The predicted octanol–water partition coefficient (Wildman–Crippen LogP) is 2.74. The number of hydrogen-bond acceptors (Lipinski definition) is 2. The van der Waals surface area contributed by atoms with E-state index in [4.69, 9.17) is 0 Å². The molecule has 1 amide bonds. The third kappa shape index (κ3) is 2.93. The number of benzene rings is 1. The number of nitrogens with zero attached hydrogens (tertiary/aromatic N) is 1. The van der Waals surface area contributed by atoms with Crippen LogP contribution in [-0.4, -0.2) is 34.6 Å². The van der Waals surface area contributed by atoms with Crippen molar-refractivity contribution in [1.82, 2.24) is 4.90 Å². The second-order valence-corrected chi connectivity index (χ2v) is 6.20. The smallest absolute Gasteiger partial charge is 0.254 e. The van der Waals surface area contributed by atoms with E-state index in [0.717, 1.165) is 29.4 Å². The molecule has 0 aliphatic carbocycles. The van der Waals surface area contributed by atoms with Gasteiger partial charge in [0.25, 0.3) is 5.91 Å². The number of aliphatic hydroxyl groups is 1. The minimum Gasteiger partial charge on any atom is -0.388 e. The van der Waals surface area contributed by atoms with Gasteiger partial charge < -0.3 is 10.0 Å². The van der Waals surface area contributed by atoms with Crippen molar-refractivity contribution in [3.8, 4) is 0 Å². The highest BCUT2D eigenvalue weighted by Gasteiger charge is 2.31. The molecule has 1 heterocycles. The summed E-state index contributed by atoms with van der Waals surface area (Å²) in [6.07, 6.45) is 1.61. The molecule has 18 heavy (non-hydrogen) atoms. The van der Waals surface area contributed by atoms with Crippen molar-refractivity contribution in [2.45, 2.75) is 32.3 Å². The van der Waals surface area contributed by atoms with E-state index in [-0.39, 0.29) is 5.91 Å². The molecule has 4 heteroatoms.